The van der Waals surface area contributed by atoms with Crippen LogP contribution in [-0.4, -0.2) is 12.7 Å². The molecule has 0 aromatic carbocycles. The fourth-order valence-corrected chi connectivity index (χ4v) is 0.745. The van der Waals surface area contributed by atoms with E-state index in [0.29, 0.717) is 12.0 Å². The lowest BCUT2D eigenvalue weighted by Crippen LogP contribution is -1.93. The molecule has 0 bridgehead atoms. The monoisotopic (exact) mass is 110 g/mol. The first-order chi connectivity index (χ1) is 3.88. The molecule has 1 heteroatoms. The van der Waals surface area contributed by atoms with Crippen molar-refractivity contribution < 1.29 is 4.74 Å². The maximum absolute atomic E-state index is 5.21. The molecule has 44 valence electrons. The molecule has 1 aliphatic carbocycles. The number of ether oxygens (including phenoxy) is 1. The van der Waals surface area contributed by atoms with Gasteiger partial charge in [0, 0.05) is 12.5 Å². The van der Waals surface area contributed by atoms with Crippen LogP contribution in [0.1, 0.15) is 13.3 Å². The summed E-state index contributed by atoms with van der Waals surface area (Å²) in [5.74, 6) is 3.07. The van der Waals surface area contributed by atoms with Crippen LogP contribution in [0.2, 0.25) is 0 Å². The molecule has 1 rings (SSSR count). The van der Waals surface area contributed by atoms with Crippen molar-refractivity contribution in [3.05, 3.63) is 0 Å². The van der Waals surface area contributed by atoms with Gasteiger partial charge >= 0.3 is 0 Å². The van der Waals surface area contributed by atoms with Crippen molar-refractivity contribution in [2.45, 2.75) is 19.4 Å². The topological polar surface area (TPSA) is 9.23 Å². The highest BCUT2D eigenvalue weighted by Gasteiger charge is 2.35. The summed E-state index contributed by atoms with van der Waals surface area (Å²) in [7, 11) is 0. The third-order valence-corrected chi connectivity index (χ3v) is 1.33. The van der Waals surface area contributed by atoms with E-state index in [1.54, 1.807) is 0 Å². The van der Waals surface area contributed by atoms with Gasteiger partial charge in [0.25, 0.3) is 0 Å². The number of terminal acetylenes is 1. The van der Waals surface area contributed by atoms with Gasteiger partial charge in [-0.3, -0.25) is 0 Å². The Balaban J connectivity index is 2.10. The van der Waals surface area contributed by atoms with Crippen molar-refractivity contribution in [3.63, 3.8) is 0 Å². The maximum Gasteiger partial charge on any atom is 0.0725 e. The zero-order chi connectivity index (χ0) is 5.98. The summed E-state index contributed by atoms with van der Waals surface area (Å²) in [6, 6.07) is 0. The van der Waals surface area contributed by atoms with Crippen molar-refractivity contribution in [3.8, 4) is 12.3 Å². The minimum Gasteiger partial charge on any atom is -0.377 e. The van der Waals surface area contributed by atoms with E-state index < -0.39 is 0 Å². The molecule has 1 saturated carbocycles. The fraction of sp³-hybridized carbons (Fsp3) is 0.714. The van der Waals surface area contributed by atoms with Gasteiger partial charge in [-0.1, -0.05) is 0 Å². The first kappa shape index (κ1) is 5.65. The zero-order valence-electron chi connectivity index (χ0n) is 5.05. The van der Waals surface area contributed by atoms with E-state index in [0.717, 1.165) is 13.0 Å². The van der Waals surface area contributed by atoms with Gasteiger partial charge in [-0.2, -0.15) is 0 Å². The number of hydrogen-bond acceptors (Lipinski definition) is 1. The van der Waals surface area contributed by atoms with E-state index >= 15 is 0 Å². The average Bonchev–Trinajstić information content (AvgIpc) is 2.48. The highest BCUT2D eigenvalue weighted by atomic mass is 16.5. The van der Waals surface area contributed by atoms with Gasteiger partial charge in [-0.05, 0) is 13.3 Å². The quantitative estimate of drug-likeness (QED) is 0.483. The molecule has 2 atom stereocenters. The van der Waals surface area contributed by atoms with Gasteiger partial charge < -0.3 is 4.74 Å². The van der Waals surface area contributed by atoms with Crippen LogP contribution in [0.4, 0.5) is 0 Å². The summed E-state index contributed by atoms with van der Waals surface area (Å²) in [6.07, 6.45) is 6.59. The predicted molar refractivity (Wildman–Crippen MR) is 32.4 cm³/mol. The molecule has 0 N–H and O–H groups in total. The molecular formula is C7H10O. The largest absolute Gasteiger partial charge is 0.377 e. The Morgan fingerprint density at radius 1 is 1.88 bits per heavy atom. The van der Waals surface area contributed by atoms with E-state index in [1.807, 2.05) is 6.92 Å². The van der Waals surface area contributed by atoms with Crippen LogP contribution in [0.15, 0.2) is 0 Å². The second-order valence-electron chi connectivity index (χ2n) is 2.00. The molecule has 0 aromatic heterocycles. The van der Waals surface area contributed by atoms with Crippen molar-refractivity contribution in [1.82, 2.24) is 0 Å². The molecule has 1 aliphatic rings. The van der Waals surface area contributed by atoms with E-state index in [4.69, 9.17) is 11.2 Å². The molecule has 1 fully saturated rings. The first-order valence-corrected chi connectivity index (χ1v) is 2.96. The third kappa shape index (κ3) is 1.02. The highest BCUT2D eigenvalue weighted by Crippen LogP contribution is 2.32. The Morgan fingerprint density at radius 3 is 3.00 bits per heavy atom. The summed E-state index contributed by atoms with van der Waals surface area (Å²) in [6.45, 7) is 2.79. The van der Waals surface area contributed by atoms with Crippen LogP contribution in [0.3, 0.4) is 0 Å². The summed E-state index contributed by atoms with van der Waals surface area (Å²) in [5, 5.41) is 0. The van der Waals surface area contributed by atoms with Gasteiger partial charge in [0.15, 0.2) is 0 Å². The Kier molecular flexibility index (Phi) is 1.55. The second kappa shape index (κ2) is 2.19. The average molecular weight is 110 g/mol. The standard InChI is InChI=1S/C7H10O/c1-3-6-5-7(6)8-4-2/h1,6-7H,4-5H2,2H3/t6-,7-/m1/s1. The number of hydrogen-bond donors (Lipinski definition) is 0. The molecule has 1 nitrogen and oxygen atoms in total. The van der Waals surface area contributed by atoms with Crippen LogP contribution in [-0.2, 0) is 4.74 Å². The molecule has 0 saturated heterocycles. The van der Waals surface area contributed by atoms with Gasteiger partial charge in [0.2, 0.25) is 0 Å². The van der Waals surface area contributed by atoms with Crippen molar-refractivity contribution in [2.75, 3.05) is 6.61 Å². The van der Waals surface area contributed by atoms with Crippen molar-refractivity contribution in [1.29, 1.82) is 0 Å². The Morgan fingerprint density at radius 2 is 2.62 bits per heavy atom. The Labute approximate surface area is 50.0 Å². The van der Waals surface area contributed by atoms with Crippen LogP contribution < -0.4 is 0 Å². The van der Waals surface area contributed by atoms with E-state index in [-0.39, 0.29) is 0 Å². The van der Waals surface area contributed by atoms with E-state index in [2.05, 4.69) is 5.92 Å². The minimum absolute atomic E-state index is 0.394. The second-order valence-corrected chi connectivity index (χ2v) is 2.00. The molecule has 0 aliphatic heterocycles. The molecule has 0 amide bonds. The number of rotatable bonds is 2. The minimum atomic E-state index is 0.394. The summed E-state index contributed by atoms with van der Waals surface area (Å²) < 4.78 is 5.21. The molecule has 0 heterocycles. The molecule has 0 spiro atoms. The fourth-order valence-electron chi connectivity index (χ4n) is 0.745. The smallest absolute Gasteiger partial charge is 0.0725 e. The first-order valence-electron chi connectivity index (χ1n) is 2.96. The van der Waals surface area contributed by atoms with Gasteiger partial charge in [-0.25, -0.2) is 0 Å². The predicted octanol–water partition coefficient (Wildman–Crippen LogP) is 1.04. The van der Waals surface area contributed by atoms with Crippen LogP contribution in [0.25, 0.3) is 0 Å². The molecule has 8 heavy (non-hydrogen) atoms. The Bertz CT molecular complexity index is 112. The summed E-state index contributed by atoms with van der Waals surface area (Å²) in [4.78, 5) is 0. The van der Waals surface area contributed by atoms with Crippen LogP contribution in [0, 0.1) is 18.3 Å². The van der Waals surface area contributed by atoms with Gasteiger partial charge in [0.05, 0.1) is 6.10 Å². The van der Waals surface area contributed by atoms with E-state index in [9.17, 15) is 0 Å². The lowest BCUT2D eigenvalue weighted by Gasteiger charge is -1.92. The van der Waals surface area contributed by atoms with Gasteiger partial charge in [0.1, 0.15) is 0 Å². The molecule has 0 radical (unpaired) electrons. The summed E-state index contributed by atoms with van der Waals surface area (Å²) >= 11 is 0. The van der Waals surface area contributed by atoms with Crippen molar-refractivity contribution >= 4 is 0 Å². The normalized spacial score (nSPS) is 34.0. The zero-order valence-corrected chi connectivity index (χ0v) is 5.05. The van der Waals surface area contributed by atoms with Crippen LogP contribution >= 0.6 is 0 Å². The van der Waals surface area contributed by atoms with Crippen LogP contribution in [0.5, 0.6) is 0 Å². The molecule has 0 unspecified atom stereocenters. The van der Waals surface area contributed by atoms with E-state index in [1.165, 1.54) is 0 Å². The molecule has 0 aromatic rings. The third-order valence-electron chi connectivity index (χ3n) is 1.33. The Hall–Kier alpha value is -0.480. The lowest BCUT2D eigenvalue weighted by molar-refractivity contribution is 0.127. The summed E-state index contributed by atoms with van der Waals surface area (Å²) in [5.41, 5.74) is 0. The van der Waals surface area contributed by atoms with Crippen molar-refractivity contribution in [2.24, 2.45) is 5.92 Å². The highest BCUT2D eigenvalue weighted by molar-refractivity contribution is 5.08. The SMILES string of the molecule is C#C[C@@H]1C[C@H]1OCC. The maximum atomic E-state index is 5.21. The molecular weight excluding hydrogens is 100 g/mol. The van der Waals surface area contributed by atoms with Gasteiger partial charge in [-0.15, -0.1) is 12.3 Å². The lowest BCUT2D eigenvalue weighted by atomic mass is 10.4.